The van der Waals surface area contributed by atoms with Crippen LogP contribution in [0.5, 0.6) is 0 Å². The summed E-state index contributed by atoms with van der Waals surface area (Å²) in [4.78, 5) is 72.9. The highest BCUT2D eigenvalue weighted by Gasteiger charge is 2.30. The Labute approximate surface area is 617 Å². The van der Waals surface area contributed by atoms with Crippen LogP contribution in [0.15, 0.2) is 146 Å². The van der Waals surface area contributed by atoms with Gasteiger partial charge in [0, 0.05) is 25.7 Å². The molecule has 0 fully saturated rings. The molecule has 0 aromatic carbocycles. The Kier molecular flexibility index (Phi) is 70.5. The Morgan fingerprint density at radius 2 is 0.529 bits per heavy atom. The second-order valence-corrected chi connectivity index (χ2v) is 28.4. The lowest BCUT2D eigenvalue weighted by Gasteiger charge is -2.21. The third-order valence-electron chi connectivity index (χ3n) is 15.7. The van der Waals surface area contributed by atoms with Gasteiger partial charge in [-0.15, -0.1) is 0 Å². The molecule has 19 heteroatoms. The zero-order chi connectivity index (χ0) is 74.6. The first-order chi connectivity index (χ1) is 49.7. The molecule has 0 spiro atoms. The minimum Gasteiger partial charge on any atom is -0.462 e. The number of hydrogen-bond donors (Lipinski definition) is 3. The molecule has 0 amide bonds. The Morgan fingerprint density at radius 3 is 0.833 bits per heavy atom. The molecule has 0 bridgehead atoms. The monoisotopic (exact) mass is 1470 g/mol. The van der Waals surface area contributed by atoms with Crippen molar-refractivity contribution in [1.29, 1.82) is 0 Å². The molecule has 0 saturated heterocycles. The number of hydrogen-bond acceptors (Lipinski definition) is 15. The van der Waals surface area contributed by atoms with Crippen LogP contribution >= 0.6 is 15.6 Å². The van der Waals surface area contributed by atoms with Gasteiger partial charge in [0.25, 0.3) is 0 Å². The van der Waals surface area contributed by atoms with Gasteiger partial charge in [-0.3, -0.25) is 37.3 Å². The number of unbranched alkanes of at least 4 members (excludes halogenated alkanes) is 22. The van der Waals surface area contributed by atoms with E-state index in [1.165, 1.54) is 19.3 Å². The number of carbonyl (C=O) groups is 4. The molecule has 102 heavy (non-hydrogen) atoms. The maximum absolute atomic E-state index is 13.1. The van der Waals surface area contributed by atoms with Crippen molar-refractivity contribution in [3.8, 4) is 0 Å². The minimum absolute atomic E-state index is 0.0667. The average Bonchev–Trinajstić information content (AvgIpc) is 0.924. The maximum atomic E-state index is 13.1. The van der Waals surface area contributed by atoms with Crippen molar-refractivity contribution in [2.45, 2.75) is 316 Å². The number of allylic oxidation sites excluding steroid dienone is 24. The first-order valence-corrected chi connectivity index (χ1v) is 42.1. The highest BCUT2D eigenvalue weighted by atomic mass is 31.2. The number of ether oxygens (including phenoxy) is 4. The molecular weight excluding hydrogens is 1330 g/mol. The van der Waals surface area contributed by atoms with Crippen LogP contribution in [0.1, 0.15) is 297 Å². The van der Waals surface area contributed by atoms with E-state index in [2.05, 4.69) is 174 Å². The lowest BCUT2D eigenvalue weighted by Crippen LogP contribution is -2.30. The molecule has 0 aliphatic rings. The smallest absolute Gasteiger partial charge is 0.462 e. The van der Waals surface area contributed by atoms with Crippen LogP contribution in [-0.2, 0) is 65.4 Å². The predicted molar refractivity (Wildman–Crippen MR) is 417 cm³/mol. The van der Waals surface area contributed by atoms with Gasteiger partial charge in [0.2, 0.25) is 0 Å². The Balaban J connectivity index is 5.42. The van der Waals surface area contributed by atoms with Crippen LogP contribution in [0.25, 0.3) is 0 Å². The fourth-order valence-corrected chi connectivity index (χ4v) is 11.4. The van der Waals surface area contributed by atoms with E-state index < -0.39 is 97.5 Å². The second kappa shape index (κ2) is 74.2. The van der Waals surface area contributed by atoms with E-state index in [4.69, 9.17) is 37.0 Å². The molecule has 582 valence electrons. The van der Waals surface area contributed by atoms with Gasteiger partial charge in [0.1, 0.15) is 19.3 Å². The summed E-state index contributed by atoms with van der Waals surface area (Å²) >= 11 is 0. The minimum atomic E-state index is -4.99. The molecule has 0 rings (SSSR count). The van der Waals surface area contributed by atoms with Crippen molar-refractivity contribution in [2.75, 3.05) is 39.6 Å². The molecule has 5 atom stereocenters. The van der Waals surface area contributed by atoms with Crippen LogP contribution in [0.3, 0.4) is 0 Å². The van der Waals surface area contributed by atoms with Crippen LogP contribution in [0, 0.1) is 0 Å². The maximum Gasteiger partial charge on any atom is 0.472 e. The van der Waals surface area contributed by atoms with Crippen molar-refractivity contribution >= 4 is 39.5 Å². The van der Waals surface area contributed by atoms with Gasteiger partial charge in [-0.1, -0.05) is 257 Å². The predicted octanol–water partition coefficient (Wildman–Crippen LogP) is 22.7. The Morgan fingerprint density at radius 1 is 0.284 bits per heavy atom. The van der Waals surface area contributed by atoms with Crippen LogP contribution < -0.4 is 0 Å². The molecule has 3 N–H and O–H groups in total. The van der Waals surface area contributed by atoms with E-state index in [0.717, 1.165) is 199 Å². The largest absolute Gasteiger partial charge is 0.472 e. The van der Waals surface area contributed by atoms with Crippen molar-refractivity contribution in [3.63, 3.8) is 0 Å². The summed E-state index contributed by atoms with van der Waals surface area (Å²) < 4.78 is 68.5. The summed E-state index contributed by atoms with van der Waals surface area (Å²) in [6.07, 6.45) is 84.0. The van der Waals surface area contributed by atoms with Crippen molar-refractivity contribution in [1.82, 2.24) is 0 Å². The van der Waals surface area contributed by atoms with Gasteiger partial charge in [0.15, 0.2) is 12.2 Å². The summed E-state index contributed by atoms with van der Waals surface area (Å²) in [6, 6.07) is 0. The van der Waals surface area contributed by atoms with Gasteiger partial charge >= 0.3 is 39.5 Å². The molecule has 0 heterocycles. The number of aliphatic hydroxyl groups is 1. The summed E-state index contributed by atoms with van der Waals surface area (Å²) in [5, 5.41) is 10.6. The number of esters is 4. The van der Waals surface area contributed by atoms with Crippen LogP contribution in [-0.4, -0.2) is 96.7 Å². The first kappa shape index (κ1) is 96.9. The Hall–Kier alpha value is -5.06. The SMILES string of the molecule is CC/C=C\C/C=C\C/C=C\C/C=C\C/C=C\CCCCCC(=O)OCC(COP(=O)(O)OCC(O)COP(=O)(O)OCC(COC(=O)CCCCCCC/C=C\C/C=C\C/C=C\CC)OC(=O)CCCCCCC/C=C\C/C=C\CCC)OC(=O)CCCCCCC/C=C\C/C=C\CCCCC. The van der Waals surface area contributed by atoms with Crippen molar-refractivity contribution in [3.05, 3.63) is 146 Å². The summed E-state index contributed by atoms with van der Waals surface area (Å²) in [6.45, 7) is 4.46. The Bertz CT molecular complexity index is 2510. The van der Waals surface area contributed by atoms with Gasteiger partial charge in [-0.25, -0.2) is 9.13 Å². The average molecular weight is 1470 g/mol. The summed E-state index contributed by atoms with van der Waals surface area (Å²) in [7, 11) is -9.98. The van der Waals surface area contributed by atoms with Gasteiger partial charge < -0.3 is 33.8 Å². The summed E-state index contributed by atoms with van der Waals surface area (Å²) in [5.74, 6) is -2.27. The number of phosphoric acid groups is 2. The first-order valence-electron chi connectivity index (χ1n) is 39.1. The topological polar surface area (TPSA) is 237 Å². The van der Waals surface area contributed by atoms with E-state index in [9.17, 15) is 43.2 Å². The molecule has 5 unspecified atom stereocenters. The fraction of sp³-hybridized carbons (Fsp3) is 0.663. The number of carbonyl (C=O) groups excluding carboxylic acids is 4. The van der Waals surface area contributed by atoms with E-state index >= 15 is 0 Å². The van der Waals surface area contributed by atoms with Gasteiger partial charge in [-0.05, 0) is 161 Å². The highest BCUT2D eigenvalue weighted by molar-refractivity contribution is 7.47. The number of aliphatic hydroxyl groups excluding tert-OH is 1. The van der Waals surface area contributed by atoms with E-state index in [0.29, 0.717) is 25.7 Å². The molecular formula is C83H138O17P2. The third kappa shape index (κ3) is 73.3. The molecule has 17 nitrogen and oxygen atoms in total. The van der Waals surface area contributed by atoms with E-state index in [1.54, 1.807) is 0 Å². The lowest BCUT2D eigenvalue weighted by molar-refractivity contribution is -0.161. The zero-order valence-electron chi connectivity index (χ0n) is 63.5. The fourth-order valence-electron chi connectivity index (χ4n) is 9.86. The lowest BCUT2D eigenvalue weighted by atomic mass is 10.1. The van der Waals surface area contributed by atoms with E-state index in [1.807, 2.05) is 0 Å². The molecule has 0 aromatic rings. The van der Waals surface area contributed by atoms with E-state index in [-0.39, 0.29) is 25.7 Å². The highest BCUT2D eigenvalue weighted by Crippen LogP contribution is 2.45. The van der Waals surface area contributed by atoms with Crippen molar-refractivity contribution in [2.24, 2.45) is 0 Å². The normalized spacial score (nSPS) is 14.7. The van der Waals surface area contributed by atoms with Crippen molar-refractivity contribution < 1.29 is 80.2 Å². The number of rotatable bonds is 72. The zero-order valence-corrected chi connectivity index (χ0v) is 65.3. The van der Waals surface area contributed by atoms with Gasteiger partial charge in [0.05, 0.1) is 26.4 Å². The standard InChI is InChI=1S/C83H138O17P2/c1-5-9-13-17-21-25-29-33-36-37-38-39-42-45-48-52-56-60-64-68-81(86)94-74-79(100-83(88)70-66-62-58-54-50-46-41-35-31-27-23-19-15-11-7-3)76-98-102(91,92)96-72-77(84)71-95-101(89,90)97-75-78(99-82(87)69-65-61-57-53-49-43-32-28-24-20-16-12-8-4)73-93-80(85)67-63-59-55-51-47-44-40-34-30-26-22-18-14-10-6-2/h9-10,13-14,16,20-23,25-28,32-36,38-41,45,48,77-79,84H,5-8,11-12,15,17-19,24,29-31,37,42-44,46-47,49-76H2,1-4H3,(H,89,90)(H,91,92)/b13-9-,14-10-,20-16-,25-21-,26-22-,27-23-,32-28-,36-33-,39-38-,40-34-,41-35-,48-45-. The molecule has 0 aliphatic carbocycles. The molecule has 0 aromatic heterocycles. The molecule has 0 radical (unpaired) electrons. The summed E-state index contributed by atoms with van der Waals surface area (Å²) in [5.41, 5.74) is 0. The van der Waals surface area contributed by atoms with Gasteiger partial charge in [-0.2, -0.15) is 0 Å². The molecule has 0 saturated carbocycles. The third-order valence-corrected chi connectivity index (χ3v) is 17.7. The van der Waals surface area contributed by atoms with Crippen LogP contribution in [0.4, 0.5) is 0 Å². The quantitative estimate of drug-likeness (QED) is 0.0169. The number of phosphoric ester groups is 2. The van der Waals surface area contributed by atoms with Crippen LogP contribution in [0.2, 0.25) is 0 Å². The second-order valence-electron chi connectivity index (χ2n) is 25.5. The molecule has 0 aliphatic heterocycles.